The minimum Gasteiger partial charge on any atom is -0.508 e. The highest BCUT2D eigenvalue weighted by atomic mass is 32.3. The van der Waals surface area contributed by atoms with Gasteiger partial charge in [-0.2, -0.15) is 4.31 Å². The fourth-order valence-electron chi connectivity index (χ4n) is 2.90. The van der Waals surface area contributed by atoms with E-state index < -0.39 is 20.0 Å². The third kappa shape index (κ3) is 3.63. The van der Waals surface area contributed by atoms with E-state index >= 15 is 0 Å². The van der Waals surface area contributed by atoms with Gasteiger partial charge in [-0.25, -0.2) is 22.0 Å². The zero-order valence-electron chi connectivity index (χ0n) is 13.9. The molecule has 11 heteroatoms. The number of primary sulfonamides is 1. The number of phenolic OH excluding ortho intramolecular Hbond substituents is 1. The van der Waals surface area contributed by atoms with E-state index in [1.54, 1.807) is 12.1 Å². The predicted octanol–water partition coefficient (Wildman–Crippen LogP) is 0.956. The zero-order chi connectivity index (χ0) is 19.1. The molecule has 1 atom stereocenters. The second kappa shape index (κ2) is 6.91. The van der Waals surface area contributed by atoms with Crippen LogP contribution in [-0.4, -0.2) is 39.3 Å². The minimum atomic E-state index is -3.99. The van der Waals surface area contributed by atoms with Gasteiger partial charge < -0.3 is 10.4 Å². The van der Waals surface area contributed by atoms with Crippen LogP contribution in [0.1, 0.15) is 24.1 Å². The number of nitrogens with zero attached hydrogens (tertiary/aromatic N) is 1. The van der Waals surface area contributed by atoms with Crippen LogP contribution in [0.4, 0.5) is 0 Å². The molecule has 0 saturated carbocycles. The average molecular weight is 418 g/mol. The van der Waals surface area contributed by atoms with E-state index in [4.69, 9.17) is 5.14 Å². The van der Waals surface area contributed by atoms with Crippen LogP contribution < -0.4 is 10.5 Å². The summed E-state index contributed by atoms with van der Waals surface area (Å²) in [6.07, 6.45) is 0. The van der Waals surface area contributed by atoms with E-state index in [2.05, 4.69) is 5.32 Å². The molecule has 0 fully saturated rings. The smallest absolute Gasteiger partial charge is 0.253 e. The Balaban J connectivity index is 2.06. The molecule has 1 aromatic heterocycles. The van der Waals surface area contributed by atoms with Gasteiger partial charge in [0.15, 0.2) is 0 Å². The molecule has 8 nitrogen and oxygen atoms in total. The van der Waals surface area contributed by atoms with Gasteiger partial charge in [0, 0.05) is 24.7 Å². The molecule has 4 N–H and O–H groups in total. The molecule has 3 rings (SSSR count). The van der Waals surface area contributed by atoms with Crippen LogP contribution in [0.15, 0.2) is 38.8 Å². The second-order valence-corrected chi connectivity index (χ2v) is 10.9. The SMILES string of the molecule is CCN[C@H]1CN(Cc2cccc(O)c2)S(=O)(=O)c2sc(S(N)(=O)=O)cc21. The Hall–Kier alpha value is -1.50. The maximum Gasteiger partial charge on any atom is 0.253 e. The molecular weight excluding hydrogens is 398 g/mol. The lowest BCUT2D eigenvalue weighted by Crippen LogP contribution is -2.42. The monoisotopic (exact) mass is 417 g/mol. The zero-order valence-corrected chi connectivity index (χ0v) is 16.4. The number of phenols is 1. The number of likely N-dealkylation sites (N-methyl/N-ethyl adjacent to an activating group) is 1. The first-order chi connectivity index (χ1) is 12.1. The molecule has 0 bridgehead atoms. The molecule has 2 heterocycles. The van der Waals surface area contributed by atoms with Crippen molar-refractivity contribution in [2.24, 2.45) is 5.14 Å². The molecular formula is C15H19N3O5S3. The Morgan fingerprint density at radius 2 is 2.12 bits per heavy atom. The van der Waals surface area contributed by atoms with E-state index in [1.807, 2.05) is 6.92 Å². The number of nitrogens with two attached hydrogens (primary N) is 1. The molecule has 0 spiro atoms. The molecule has 26 heavy (non-hydrogen) atoms. The standard InChI is InChI=1S/C15H19N3O5S3/c1-2-17-13-9-18(8-10-4-3-5-11(19)6-10)26(22,23)15-12(13)7-14(24-15)25(16,20)21/h3-7,13,17,19H,2,8-9H2,1H3,(H2,16,20,21)/t13-/m0/s1. The number of hydrogen-bond acceptors (Lipinski definition) is 7. The van der Waals surface area contributed by atoms with Crippen molar-refractivity contribution in [1.29, 1.82) is 0 Å². The van der Waals surface area contributed by atoms with Gasteiger partial charge in [-0.1, -0.05) is 19.1 Å². The summed E-state index contributed by atoms with van der Waals surface area (Å²) in [7, 11) is -7.87. The van der Waals surface area contributed by atoms with E-state index in [0.717, 1.165) is 0 Å². The van der Waals surface area contributed by atoms with Crippen molar-refractivity contribution in [2.75, 3.05) is 13.1 Å². The lowest BCUT2D eigenvalue weighted by Gasteiger charge is -2.32. The lowest BCUT2D eigenvalue weighted by atomic mass is 10.1. The van der Waals surface area contributed by atoms with Gasteiger partial charge in [-0.3, -0.25) is 0 Å². The maximum atomic E-state index is 13.0. The van der Waals surface area contributed by atoms with Gasteiger partial charge >= 0.3 is 0 Å². The summed E-state index contributed by atoms with van der Waals surface area (Å²) in [5, 5.41) is 18.0. The molecule has 0 radical (unpaired) electrons. The van der Waals surface area contributed by atoms with E-state index in [0.29, 0.717) is 29.0 Å². The largest absolute Gasteiger partial charge is 0.508 e. The number of nitrogens with one attached hydrogen (secondary N) is 1. The third-order valence-electron chi connectivity index (χ3n) is 4.04. The second-order valence-electron chi connectivity index (χ2n) is 5.93. The summed E-state index contributed by atoms with van der Waals surface area (Å²) >= 11 is 0.664. The summed E-state index contributed by atoms with van der Waals surface area (Å²) in [6, 6.07) is 7.35. The van der Waals surface area contributed by atoms with E-state index in [1.165, 1.54) is 22.5 Å². The van der Waals surface area contributed by atoms with Crippen molar-refractivity contribution < 1.29 is 21.9 Å². The van der Waals surface area contributed by atoms with E-state index in [9.17, 15) is 21.9 Å². The molecule has 142 valence electrons. The molecule has 1 aliphatic rings. The maximum absolute atomic E-state index is 13.0. The summed E-state index contributed by atoms with van der Waals surface area (Å²) < 4.78 is 50.4. The normalized spacial score (nSPS) is 20.0. The Bertz CT molecular complexity index is 1030. The van der Waals surface area contributed by atoms with Gasteiger partial charge in [-0.05, 0) is 30.3 Å². The number of aromatic hydroxyl groups is 1. The molecule has 0 unspecified atom stereocenters. The molecule has 1 aromatic carbocycles. The number of rotatable bonds is 5. The van der Waals surface area contributed by atoms with Gasteiger partial charge in [-0.15, -0.1) is 11.3 Å². The fourth-order valence-corrected chi connectivity index (χ4v) is 7.15. The van der Waals surface area contributed by atoms with Crippen LogP contribution in [-0.2, 0) is 26.6 Å². The van der Waals surface area contributed by atoms with Crippen molar-refractivity contribution in [3.63, 3.8) is 0 Å². The van der Waals surface area contributed by atoms with E-state index in [-0.39, 0.29) is 33.3 Å². The number of hydrogen-bond donors (Lipinski definition) is 3. The number of sulfonamides is 2. The molecule has 0 saturated heterocycles. The van der Waals surface area contributed by atoms with Crippen LogP contribution in [0, 0.1) is 0 Å². The summed E-state index contributed by atoms with van der Waals surface area (Å²) in [6.45, 7) is 2.69. The molecule has 2 aromatic rings. The number of thiophene rings is 1. The first-order valence-electron chi connectivity index (χ1n) is 7.81. The van der Waals surface area contributed by atoms with Gasteiger partial charge in [0.25, 0.3) is 10.0 Å². The quantitative estimate of drug-likeness (QED) is 0.664. The highest BCUT2D eigenvalue weighted by Crippen LogP contribution is 2.40. The third-order valence-corrected chi connectivity index (χ3v) is 8.95. The van der Waals surface area contributed by atoms with Crippen LogP contribution in [0.25, 0.3) is 0 Å². The van der Waals surface area contributed by atoms with Crippen molar-refractivity contribution >= 4 is 31.4 Å². The Morgan fingerprint density at radius 1 is 1.38 bits per heavy atom. The number of benzene rings is 1. The van der Waals surface area contributed by atoms with Crippen molar-refractivity contribution in [2.45, 2.75) is 27.9 Å². The first kappa shape index (κ1) is 19.3. The summed E-state index contributed by atoms with van der Waals surface area (Å²) in [5.41, 5.74) is 1.06. The fraction of sp³-hybridized carbons (Fsp3) is 0.333. The molecule has 1 aliphatic heterocycles. The van der Waals surface area contributed by atoms with Crippen LogP contribution in [0.2, 0.25) is 0 Å². The highest BCUT2D eigenvalue weighted by molar-refractivity contribution is 7.94. The Morgan fingerprint density at radius 3 is 2.73 bits per heavy atom. The average Bonchev–Trinajstić information content (AvgIpc) is 2.99. The Labute approximate surface area is 156 Å². The molecule has 0 amide bonds. The van der Waals surface area contributed by atoms with Crippen molar-refractivity contribution in [3.05, 3.63) is 41.5 Å². The van der Waals surface area contributed by atoms with Crippen LogP contribution in [0.3, 0.4) is 0 Å². The van der Waals surface area contributed by atoms with Crippen molar-refractivity contribution in [3.8, 4) is 5.75 Å². The van der Waals surface area contributed by atoms with Crippen molar-refractivity contribution in [1.82, 2.24) is 9.62 Å². The number of fused-ring (bicyclic) bond motifs is 1. The van der Waals surface area contributed by atoms with Gasteiger partial charge in [0.2, 0.25) is 10.0 Å². The molecule has 0 aliphatic carbocycles. The summed E-state index contributed by atoms with van der Waals surface area (Å²) in [4.78, 5) is 0. The van der Waals surface area contributed by atoms with Gasteiger partial charge in [0.05, 0.1) is 0 Å². The topological polar surface area (TPSA) is 130 Å². The highest BCUT2D eigenvalue weighted by Gasteiger charge is 2.39. The minimum absolute atomic E-state index is 0.0149. The van der Waals surface area contributed by atoms with Gasteiger partial charge in [0.1, 0.15) is 14.2 Å². The summed E-state index contributed by atoms with van der Waals surface area (Å²) in [5.74, 6) is 0.0495. The van der Waals surface area contributed by atoms with Crippen LogP contribution >= 0.6 is 11.3 Å². The predicted molar refractivity (Wildman–Crippen MR) is 97.8 cm³/mol. The first-order valence-corrected chi connectivity index (χ1v) is 11.6. The lowest BCUT2D eigenvalue weighted by molar-refractivity contribution is 0.339. The van der Waals surface area contributed by atoms with Crippen LogP contribution in [0.5, 0.6) is 5.75 Å². The Kier molecular flexibility index (Phi) is 5.12.